The number of methoxy groups -OCH3 is 1. The highest BCUT2D eigenvalue weighted by atomic mass is 16.5. The number of nitrogens with one attached hydrogen (secondary N) is 1. The van der Waals surface area contributed by atoms with Crippen LogP contribution in [0.5, 0.6) is 0 Å². The van der Waals surface area contributed by atoms with Gasteiger partial charge in [-0.15, -0.1) is 0 Å². The van der Waals surface area contributed by atoms with Gasteiger partial charge in [0.1, 0.15) is 5.69 Å². The summed E-state index contributed by atoms with van der Waals surface area (Å²) in [5, 5.41) is 0. The fraction of sp³-hybridized carbons (Fsp3) is 0.600. The van der Waals surface area contributed by atoms with Gasteiger partial charge < -0.3 is 9.72 Å². The molecule has 5 nitrogen and oxygen atoms in total. The van der Waals surface area contributed by atoms with Gasteiger partial charge in [0.25, 0.3) is 0 Å². The normalized spacial score (nSPS) is 16.1. The summed E-state index contributed by atoms with van der Waals surface area (Å²) in [6.45, 7) is 6.01. The van der Waals surface area contributed by atoms with Crippen LogP contribution in [0.3, 0.4) is 0 Å². The number of aromatic nitrogens is 1. The van der Waals surface area contributed by atoms with E-state index in [9.17, 15) is 9.59 Å². The summed E-state index contributed by atoms with van der Waals surface area (Å²) >= 11 is 0. The predicted molar refractivity (Wildman–Crippen MR) is 76.2 cm³/mol. The molecule has 1 aromatic rings. The Morgan fingerprint density at radius 1 is 1.20 bits per heavy atom. The summed E-state index contributed by atoms with van der Waals surface area (Å²) in [5.41, 5.74) is 2.45. The van der Waals surface area contributed by atoms with E-state index in [1.165, 1.54) is 13.5 Å². The molecule has 0 amide bonds. The van der Waals surface area contributed by atoms with Crippen LogP contribution in [0.1, 0.15) is 51.4 Å². The first-order valence-electron chi connectivity index (χ1n) is 7.07. The number of hydrogen-bond donors (Lipinski definition) is 1. The van der Waals surface area contributed by atoms with Gasteiger partial charge in [-0.1, -0.05) is 6.42 Å². The van der Waals surface area contributed by atoms with Crippen molar-refractivity contribution in [3.8, 4) is 0 Å². The highest BCUT2D eigenvalue weighted by Gasteiger charge is 2.24. The molecule has 1 fully saturated rings. The Morgan fingerprint density at radius 2 is 1.85 bits per heavy atom. The number of nitrogens with zero attached hydrogens (tertiary/aromatic N) is 1. The van der Waals surface area contributed by atoms with Crippen LogP contribution in [0.2, 0.25) is 0 Å². The lowest BCUT2D eigenvalue weighted by Gasteiger charge is -2.25. The van der Waals surface area contributed by atoms with Crippen molar-refractivity contribution >= 4 is 11.8 Å². The van der Waals surface area contributed by atoms with E-state index in [0.717, 1.165) is 31.6 Å². The number of esters is 1. The quantitative estimate of drug-likeness (QED) is 0.676. The number of piperidine rings is 1. The summed E-state index contributed by atoms with van der Waals surface area (Å²) in [4.78, 5) is 29.3. The zero-order chi connectivity index (χ0) is 14.7. The molecule has 0 bridgehead atoms. The molecule has 0 saturated carbocycles. The Bertz CT molecular complexity index is 513. The van der Waals surface area contributed by atoms with E-state index in [1.54, 1.807) is 6.92 Å². The molecule has 1 aliphatic heterocycles. The summed E-state index contributed by atoms with van der Waals surface area (Å²) in [7, 11) is 1.34. The molecule has 0 atom stereocenters. The largest absolute Gasteiger partial charge is 0.464 e. The number of likely N-dealkylation sites (tertiary alicyclic amines) is 1. The Labute approximate surface area is 119 Å². The van der Waals surface area contributed by atoms with Crippen LogP contribution in [-0.4, -0.2) is 48.4 Å². The monoisotopic (exact) mass is 278 g/mol. The number of ether oxygens (including phenoxy) is 1. The number of rotatable bonds is 4. The van der Waals surface area contributed by atoms with Crippen molar-refractivity contribution < 1.29 is 14.3 Å². The van der Waals surface area contributed by atoms with Gasteiger partial charge in [0.05, 0.1) is 13.7 Å². The first-order valence-corrected chi connectivity index (χ1v) is 7.07. The van der Waals surface area contributed by atoms with Crippen LogP contribution in [0.4, 0.5) is 0 Å². The van der Waals surface area contributed by atoms with E-state index in [0.29, 0.717) is 23.4 Å². The average Bonchev–Trinajstić information content (AvgIpc) is 2.74. The number of aryl methyl sites for hydroxylation is 1. The number of aromatic amines is 1. The van der Waals surface area contributed by atoms with Crippen molar-refractivity contribution in [2.24, 2.45) is 0 Å². The summed E-state index contributed by atoms with van der Waals surface area (Å²) in [5.74, 6) is -0.351. The molecule has 1 saturated heterocycles. The molecular weight excluding hydrogens is 256 g/mol. The minimum absolute atomic E-state index is 0.0771. The first-order chi connectivity index (χ1) is 9.54. The number of H-pyrrole nitrogens is 1. The molecule has 0 radical (unpaired) electrons. The first kappa shape index (κ1) is 14.8. The summed E-state index contributed by atoms with van der Waals surface area (Å²) in [6.07, 6.45) is 3.57. The predicted octanol–water partition coefficient (Wildman–Crippen LogP) is 2.09. The van der Waals surface area contributed by atoms with E-state index < -0.39 is 5.97 Å². The Morgan fingerprint density at radius 3 is 2.45 bits per heavy atom. The zero-order valence-electron chi connectivity index (χ0n) is 12.4. The standard InChI is InChI=1S/C15H22N2O3/c1-10-13(11(2)16-14(10)15(19)20-3)12(18)9-17-7-5-4-6-8-17/h16H,4-9H2,1-3H3. The molecule has 1 aromatic heterocycles. The second-order valence-electron chi connectivity index (χ2n) is 5.38. The van der Waals surface area contributed by atoms with Gasteiger partial charge in [-0.25, -0.2) is 4.79 Å². The van der Waals surface area contributed by atoms with E-state index in [-0.39, 0.29) is 5.78 Å². The molecule has 2 rings (SSSR count). The van der Waals surface area contributed by atoms with Crippen molar-refractivity contribution in [3.63, 3.8) is 0 Å². The number of carbonyl (C=O) groups excluding carboxylic acids is 2. The van der Waals surface area contributed by atoms with Gasteiger partial charge in [0.2, 0.25) is 0 Å². The Kier molecular flexibility index (Phi) is 4.60. The number of Topliss-reactive ketones (excluding diaryl/α,β-unsaturated/α-hetero) is 1. The third-order valence-corrected chi connectivity index (χ3v) is 3.92. The van der Waals surface area contributed by atoms with Gasteiger partial charge in [-0.2, -0.15) is 0 Å². The van der Waals surface area contributed by atoms with Crippen molar-refractivity contribution in [2.45, 2.75) is 33.1 Å². The van der Waals surface area contributed by atoms with E-state index in [2.05, 4.69) is 9.88 Å². The maximum Gasteiger partial charge on any atom is 0.354 e. The molecule has 1 aliphatic rings. The van der Waals surface area contributed by atoms with Gasteiger partial charge in [0.15, 0.2) is 5.78 Å². The third kappa shape index (κ3) is 2.93. The molecule has 0 unspecified atom stereocenters. The van der Waals surface area contributed by atoms with E-state index >= 15 is 0 Å². The summed E-state index contributed by atoms with van der Waals surface area (Å²) < 4.78 is 4.72. The van der Waals surface area contributed by atoms with Crippen molar-refractivity contribution in [3.05, 3.63) is 22.5 Å². The second kappa shape index (κ2) is 6.22. The molecule has 0 aromatic carbocycles. The van der Waals surface area contributed by atoms with E-state index in [4.69, 9.17) is 4.74 Å². The van der Waals surface area contributed by atoms with Crippen LogP contribution in [0, 0.1) is 13.8 Å². The average molecular weight is 278 g/mol. The lowest BCUT2D eigenvalue weighted by Crippen LogP contribution is -2.34. The lowest BCUT2D eigenvalue weighted by molar-refractivity contribution is 0.0594. The lowest BCUT2D eigenvalue weighted by atomic mass is 10.0. The minimum atomic E-state index is -0.428. The van der Waals surface area contributed by atoms with Gasteiger partial charge >= 0.3 is 5.97 Å². The van der Waals surface area contributed by atoms with Crippen LogP contribution in [0.25, 0.3) is 0 Å². The molecule has 20 heavy (non-hydrogen) atoms. The topological polar surface area (TPSA) is 62.4 Å². The maximum atomic E-state index is 12.5. The van der Waals surface area contributed by atoms with E-state index in [1.807, 2.05) is 6.92 Å². The third-order valence-electron chi connectivity index (χ3n) is 3.92. The molecule has 110 valence electrons. The fourth-order valence-corrected chi connectivity index (χ4v) is 2.87. The molecule has 5 heteroatoms. The number of hydrogen-bond acceptors (Lipinski definition) is 4. The van der Waals surface area contributed by atoms with Gasteiger partial charge in [0, 0.05) is 11.3 Å². The van der Waals surface area contributed by atoms with Crippen LogP contribution < -0.4 is 0 Å². The van der Waals surface area contributed by atoms with Crippen LogP contribution >= 0.6 is 0 Å². The highest BCUT2D eigenvalue weighted by molar-refractivity contribution is 6.03. The van der Waals surface area contributed by atoms with Crippen molar-refractivity contribution in [1.29, 1.82) is 0 Å². The Balaban J connectivity index is 2.17. The Hall–Kier alpha value is -1.62. The van der Waals surface area contributed by atoms with Crippen LogP contribution in [0.15, 0.2) is 0 Å². The van der Waals surface area contributed by atoms with Crippen molar-refractivity contribution in [1.82, 2.24) is 9.88 Å². The molecule has 1 N–H and O–H groups in total. The minimum Gasteiger partial charge on any atom is -0.464 e. The maximum absolute atomic E-state index is 12.5. The number of ketones is 1. The van der Waals surface area contributed by atoms with Gasteiger partial charge in [-0.3, -0.25) is 9.69 Å². The fourth-order valence-electron chi connectivity index (χ4n) is 2.87. The number of carbonyl (C=O) groups is 2. The molecule has 2 heterocycles. The molecule has 0 spiro atoms. The smallest absolute Gasteiger partial charge is 0.354 e. The summed E-state index contributed by atoms with van der Waals surface area (Å²) in [6, 6.07) is 0. The molecular formula is C15H22N2O3. The second-order valence-corrected chi connectivity index (χ2v) is 5.38. The van der Waals surface area contributed by atoms with Crippen LogP contribution in [-0.2, 0) is 4.74 Å². The van der Waals surface area contributed by atoms with Gasteiger partial charge in [-0.05, 0) is 45.3 Å². The van der Waals surface area contributed by atoms with Crippen molar-refractivity contribution in [2.75, 3.05) is 26.7 Å². The highest BCUT2D eigenvalue weighted by Crippen LogP contribution is 2.20. The zero-order valence-corrected chi connectivity index (χ0v) is 12.4. The molecule has 0 aliphatic carbocycles. The SMILES string of the molecule is COC(=O)c1[nH]c(C)c(C(=O)CN2CCCCC2)c1C.